The maximum Gasteiger partial charge on any atom is 0.279 e. The van der Waals surface area contributed by atoms with E-state index < -0.39 is 10.2 Å². The lowest BCUT2D eigenvalue weighted by atomic mass is 10.00. The zero-order valence-electron chi connectivity index (χ0n) is 12.3. The molecule has 1 saturated heterocycles. The molecule has 1 aromatic heterocycles. The average Bonchev–Trinajstić information content (AvgIpc) is 2.98. The van der Waals surface area contributed by atoms with Gasteiger partial charge in [-0.2, -0.15) is 17.7 Å². The maximum absolute atomic E-state index is 12.3. The summed E-state index contributed by atoms with van der Waals surface area (Å²) in [5.41, 5.74) is 0. The van der Waals surface area contributed by atoms with Crippen LogP contribution in [0.15, 0.2) is 10.9 Å². The molecule has 2 N–H and O–H groups in total. The van der Waals surface area contributed by atoms with E-state index in [0.717, 1.165) is 25.9 Å². The van der Waals surface area contributed by atoms with Crippen LogP contribution in [-0.2, 0) is 16.6 Å². The first-order valence-corrected chi connectivity index (χ1v) is 8.77. The lowest BCUT2D eigenvalue weighted by Gasteiger charge is -2.31. The van der Waals surface area contributed by atoms with Gasteiger partial charge in [0, 0.05) is 26.1 Å². The summed E-state index contributed by atoms with van der Waals surface area (Å²) >= 11 is 0. The van der Waals surface area contributed by atoms with Crippen molar-refractivity contribution < 1.29 is 12.9 Å². The van der Waals surface area contributed by atoms with Crippen LogP contribution in [0, 0.1) is 5.92 Å². The molecule has 2 heterocycles. The fraction of sp³-hybridized carbons (Fsp3) is 0.833. The highest BCUT2D eigenvalue weighted by Gasteiger charge is 2.28. The van der Waals surface area contributed by atoms with E-state index >= 15 is 0 Å². The molecule has 0 bridgehead atoms. The maximum atomic E-state index is 12.3. The molecule has 8 nitrogen and oxygen atoms in total. The lowest BCUT2D eigenvalue weighted by Crippen LogP contribution is -2.48. The van der Waals surface area contributed by atoms with Crippen LogP contribution in [-0.4, -0.2) is 55.6 Å². The summed E-state index contributed by atoms with van der Waals surface area (Å²) in [6.45, 7) is 5.24. The molecule has 0 amide bonds. The molecule has 1 atom stereocenters. The van der Waals surface area contributed by atoms with Gasteiger partial charge < -0.3 is 9.84 Å². The molecule has 0 aromatic carbocycles. The van der Waals surface area contributed by atoms with Gasteiger partial charge >= 0.3 is 0 Å². The number of rotatable bonds is 8. The summed E-state index contributed by atoms with van der Waals surface area (Å²) < 4.78 is 33.5. The van der Waals surface area contributed by atoms with E-state index in [1.54, 1.807) is 0 Å². The molecule has 0 spiro atoms. The molecular weight excluding hydrogens is 294 g/mol. The molecule has 120 valence electrons. The van der Waals surface area contributed by atoms with Crippen molar-refractivity contribution in [3.63, 3.8) is 0 Å². The predicted octanol–water partition coefficient (Wildman–Crippen LogP) is -0.232. The van der Waals surface area contributed by atoms with Crippen molar-refractivity contribution in [3.05, 3.63) is 12.2 Å². The molecule has 0 radical (unpaired) electrons. The Morgan fingerprint density at radius 1 is 1.52 bits per heavy atom. The molecular formula is C12H23N5O3S. The number of piperidine rings is 1. The van der Waals surface area contributed by atoms with Gasteiger partial charge in [0.15, 0.2) is 6.33 Å². The van der Waals surface area contributed by atoms with Gasteiger partial charge in [0.25, 0.3) is 10.2 Å². The van der Waals surface area contributed by atoms with Crippen molar-refractivity contribution in [2.24, 2.45) is 5.92 Å². The fourth-order valence-electron chi connectivity index (χ4n) is 2.44. The lowest BCUT2D eigenvalue weighted by molar-refractivity contribution is 0.258. The minimum absolute atomic E-state index is 0.263. The first-order chi connectivity index (χ1) is 10.1. The molecule has 21 heavy (non-hydrogen) atoms. The third kappa shape index (κ3) is 5.03. The third-order valence-electron chi connectivity index (χ3n) is 3.53. The minimum Gasteiger partial charge on any atom is -0.340 e. The Balaban J connectivity index is 1.80. The molecule has 1 aromatic rings. The third-order valence-corrected chi connectivity index (χ3v) is 5.12. The number of hydrogen-bond donors (Lipinski definition) is 2. The van der Waals surface area contributed by atoms with Crippen LogP contribution in [0.2, 0.25) is 0 Å². The van der Waals surface area contributed by atoms with Crippen molar-refractivity contribution in [1.82, 2.24) is 24.5 Å². The van der Waals surface area contributed by atoms with Gasteiger partial charge in [0.1, 0.15) is 0 Å². The Morgan fingerprint density at radius 3 is 3.10 bits per heavy atom. The zero-order valence-corrected chi connectivity index (χ0v) is 13.1. The summed E-state index contributed by atoms with van der Waals surface area (Å²) in [5, 5.41) is 6.77. The molecule has 1 unspecified atom stereocenters. The predicted molar refractivity (Wildman–Crippen MR) is 77.8 cm³/mol. The Kier molecular flexibility index (Phi) is 6.09. The summed E-state index contributed by atoms with van der Waals surface area (Å²) in [6.07, 6.45) is 3.68. The van der Waals surface area contributed by atoms with E-state index in [2.05, 4.69) is 27.1 Å². The highest BCUT2D eigenvalue weighted by Crippen LogP contribution is 2.17. The van der Waals surface area contributed by atoms with Crippen molar-refractivity contribution in [3.8, 4) is 0 Å². The van der Waals surface area contributed by atoms with E-state index in [0.29, 0.717) is 31.3 Å². The summed E-state index contributed by atoms with van der Waals surface area (Å²) in [5.74, 6) is 0.813. The van der Waals surface area contributed by atoms with Crippen LogP contribution in [0.5, 0.6) is 0 Å². The summed E-state index contributed by atoms with van der Waals surface area (Å²) in [4.78, 5) is 3.86. The second-order valence-electron chi connectivity index (χ2n) is 5.16. The van der Waals surface area contributed by atoms with Crippen molar-refractivity contribution >= 4 is 10.2 Å². The standard InChI is InChI=1S/C12H23N5O3S/c1-2-13-8-11-4-3-7-17(9-11)21(18,19)16-6-5-12-14-10-15-20-12/h10-11,13,16H,2-9H2,1H3. The number of nitrogens with zero attached hydrogens (tertiary/aromatic N) is 3. The van der Waals surface area contributed by atoms with Gasteiger partial charge in [-0.05, 0) is 31.8 Å². The van der Waals surface area contributed by atoms with Crippen LogP contribution in [0.3, 0.4) is 0 Å². The minimum atomic E-state index is -3.43. The van der Waals surface area contributed by atoms with Crippen molar-refractivity contribution in [1.29, 1.82) is 0 Å². The first kappa shape index (κ1) is 16.3. The van der Waals surface area contributed by atoms with Gasteiger partial charge in [-0.1, -0.05) is 12.1 Å². The van der Waals surface area contributed by atoms with E-state index in [9.17, 15) is 8.42 Å². The Morgan fingerprint density at radius 2 is 2.38 bits per heavy atom. The SMILES string of the molecule is CCNCC1CCCN(S(=O)(=O)NCCc2ncno2)C1. The number of nitrogens with one attached hydrogen (secondary N) is 2. The topological polar surface area (TPSA) is 100 Å². The normalized spacial score (nSPS) is 20.7. The summed E-state index contributed by atoms with van der Waals surface area (Å²) in [7, 11) is -3.43. The molecule has 1 aliphatic heterocycles. The highest BCUT2D eigenvalue weighted by atomic mass is 32.2. The van der Waals surface area contributed by atoms with Crippen LogP contribution in [0.4, 0.5) is 0 Å². The second kappa shape index (κ2) is 7.83. The first-order valence-electron chi connectivity index (χ1n) is 7.33. The van der Waals surface area contributed by atoms with Crippen LogP contribution >= 0.6 is 0 Å². The molecule has 1 aliphatic rings. The fourth-order valence-corrected chi connectivity index (χ4v) is 3.76. The van der Waals surface area contributed by atoms with Crippen LogP contribution < -0.4 is 10.0 Å². The molecule has 0 aliphatic carbocycles. The smallest absolute Gasteiger partial charge is 0.279 e. The molecule has 1 fully saturated rings. The van der Waals surface area contributed by atoms with E-state index in [-0.39, 0.29) is 6.54 Å². The molecule has 2 rings (SSSR count). The Labute approximate surface area is 125 Å². The molecule has 9 heteroatoms. The van der Waals surface area contributed by atoms with Crippen molar-refractivity contribution in [2.45, 2.75) is 26.2 Å². The Bertz CT molecular complexity index is 505. The molecule has 0 saturated carbocycles. The second-order valence-corrected chi connectivity index (χ2v) is 6.91. The van der Waals surface area contributed by atoms with Gasteiger partial charge in [-0.25, -0.2) is 4.72 Å². The quantitative estimate of drug-likeness (QED) is 0.687. The largest absolute Gasteiger partial charge is 0.340 e. The summed E-state index contributed by atoms with van der Waals surface area (Å²) in [6, 6.07) is 0. The average molecular weight is 317 g/mol. The van der Waals surface area contributed by atoms with E-state index in [1.807, 2.05) is 0 Å². The zero-order chi connectivity index (χ0) is 15.1. The van der Waals surface area contributed by atoms with E-state index in [1.165, 1.54) is 10.6 Å². The van der Waals surface area contributed by atoms with Crippen LogP contribution in [0.25, 0.3) is 0 Å². The van der Waals surface area contributed by atoms with Gasteiger partial charge in [0.2, 0.25) is 5.89 Å². The Hall–Kier alpha value is -1.03. The van der Waals surface area contributed by atoms with Gasteiger partial charge in [-0.15, -0.1) is 0 Å². The van der Waals surface area contributed by atoms with E-state index in [4.69, 9.17) is 4.52 Å². The van der Waals surface area contributed by atoms with Gasteiger partial charge in [0.05, 0.1) is 0 Å². The van der Waals surface area contributed by atoms with Crippen LogP contribution in [0.1, 0.15) is 25.7 Å². The number of aromatic nitrogens is 2. The number of hydrogen-bond acceptors (Lipinski definition) is 6. The monoisotopic (exact) mass is 317 g/mol. The van der Waals surface area contributed by atoms with Gasteiger partial charge in [-0.3, -0.25) is 0 Å². The van der Waals surface area contributed by atoms with Crippen molar-refractivity contribution in [2.75, 3.05) is 32.7 Å². The highest BCUT2D eigenvalue weighted by molar-refractivity contribution is 7.87.